The van der Waals surface area contributed by atoms with E-state index in [-0.39, 0.29) is 34.8 Å². The second-order valence-corrected chi connectivity index (χ2v) is 9.74. The van der Waals surface area contributed by atoms with Gasteiger partial charge in [-0.1, -0.05) is 24.3 Å². The molecule has 0 spiro atoms. The van der Waals surface area contributed by atoms with E-state index in [1.54, 1.807) is 11.9 Å². The molecular weight excluding hydrogens is 485 g/mol. The molecule has 0 saturated carbocycles. The summed E-state index contributed by atoms with van der Waals surface area (Å²) in [4.78, 5) is 46.9. The van der Waals surface area contributed by atoms with Crippen molar-refractivity contribution >= 4 is 34.1 Å². The number of benzene rings is 3. The fourth-order valence-electron chi connectivity index (χ4n) is 4.75. The lowest BCUT2D eigenvalue weighted by atomic mass is 9.93. The summed E-state index contributed by atoms with van der Waals surface area (Å²) in [6, 6.07) is 12.7. The van der Waals surface area contributed by atoms with Gasteiger partial charge in [-0.3, -0.25) is 9.59 Å². The normalized spacial score (nSPS) is 16.2. The first-order valence-electron chi connectivity index (χ1n) is 12.4. The molecule has 4 aromatic rings. The van der Waals surface area contributed by atoms with Crippen molar-refractivity contribution in [1.29, 1.82) is 0 Å². The molecule has 2 amide bonds. The van der Waals surface area contributed by atoms with Crippen molar-refractivity contribution < 1.29 is 14.0 Å². The number of carbonyl (C=O) groups is 2. The molecule has 1 unspecified atom stereocenters. The number of rotatable bonds is 2. The number of fused-ring (bicyclic) bond motifs is 9. The molecule has 6 rings (SSSR count). The highest BCUT2D eigenvalue weighted by Crippen LogP contribution is 2.29. The van der Waals surface area contributed by atoms with Crippen LogP contribution >= 0.6 is 0 Å². The quantitative estimate of drug-likeness (QED) is 0.349. The summed E-state index contributed by atoms with van der Waals surface area (Å²) in [6.07, 6.45) is 1.86. The lowest BCUT2D eigenvalue weighted by Crippen LogP contribution is -2.31. The van der Waals surface area contributed by atoms with E-state index in [4.69, 9.17) is 0 Å². The van der Waals surface area contributed by atoms with Gasteiger partial charge in [-0.2, -0.15) is 0 Å². The van der Waals surface area contributed by atoms with E-state index in [0.717, 1.165) is 22.3 Å². The van der Waals surface area contributed by atoms with E-state index in [9.17, 15) is 14.4 Å². The summed E-state index contributed by atoms with van der Waals surface area (Å²) in [5.74, 6) is -0.736. The van der Waals surface area contributed by atoms with Gasteiger partial charge in [0.05, 0.1) is 22.9 Å². The number of aromatic amines is 1. The first-order chi connectivity index (χ1) is 18.2. The van der Waals surface area contributed by atoms with E-state index in [1.165, 1.54) is 18.5 Å². The molecular formula is C29H28FN5O3. The average molecular weight is 514 g/mol. The highest BCUT2D eigenvalue weighted by molar-refractivity contribution is 5.91. The molecule has 38 heavy (non-hydrogen) atoms. The van der Waals surface area contributed by atoms with Crippen LogP contribution in [0.3, 0.4) is 0 Å². The third kappa shape index (κ3) is 5.00. The second kappa shape index (κ2) is 10.1. The van der Waals surface area contributed by atoms with Crippen molar-refractivity contribution in [1.82, 2.24) is 14.9 Å². The van der Waals surface area contributed by atoms with Gasteiger partial charge in [0.25, 0.3) is 5.56 Å². The standard InChI is InChI=1S/C29H28FN5O3/c1-16-4-8-21-11-18(16)7-9-26(36)27(19-5-6-20(17(2)10-19)14-35(3)29(38)33-21)34-25-12-22-24(13-23(25)30)31-15-32-28(22)37/h4-6,8,10-13,15,27,34H,7,9,14H2,1-3H3,(H,33,38)(H,31,32,37). The number of H-pyrrole nitrogens is 1. The van der Waals surface area contributed by atoms with E-state index in [2.05, 4.69) is 20.6 Å². The van der Waals surface area contributed by atoms with Crippen molar-refractivity contribution in [2.24, 2.45) is 0 Å². The van der Waals surface area contributed by atoms with E-state index < -0.39 is 17.4 Å². The fraction of sp³-hybridized carbons (Fsp3) is 0.241. The smallest absolute Gasteiger partial charge is 0.321 e. The van der Waals surface area contributed by atoms with Crippen LogP contribution in [0.1, 0.15) is 40.3 Å². The van der Waals surface area contributed by atoms with Crippen molar-refractivity contribution in [3.63, 3.8) is 0 Å². The predicted molar refractivity (Wildman–Crippen MR) is 145 cm³/mol. The maximum Gasteiger partial charge on any atom is 0.321 e. The molecule has 1 atom stereocenters. The fourth-order valence-corrected chi connectivity index (χ4v) is 4.75. The van der Waals surface area contributed by atoms with E-state index in [0.29, 0.717) is 24.2 Å². The van der Waals surface area contributed by atoms with Crippen LogP contribution in [0.25, 0.3) is 10.9 Å². The summed E-state index contributed by atoms with van der Waals surface area (Å²) < 4.78 is 15.1. The topological polar surface area (TPSA) is 107 Å². The Morgan fingerprint density at radius 3 is 2.58 bits per heavy atom. The summed E-state index contributed by atoms with van der Waals surface area (Å²) in [7, 11) is 1.73. The van der Waals surface area contributed by atoms with Gasteiger partial charge in [0.15, 0.2) is 5.78 Å². The summed E-state index contributed by atoms with van der Waals surface area (Å²) in [5.41, 5.74) is 4.97. The number of aromatic nitrogens is 2. The molecule has 3 heterocycles. The average Bonchev–Trinajstić information content (AvgIpc) is 2.88. The van der Waals surface area contributed by atoms with Crippen LogP contribution in [-0.2, 0) is 17.8 Å². The van der Waals surface area contributed by atoms with Crippen LogP contribution in [-0.4, -0.2) is 33.7 Å². The Hall–Kier alpha value is -4.53. The number of Topliss-reactive ketones (excluding diaryl/α,β-unsaturated/α-hetero) is 1. The molecule has 3 N–H and O–H groups in total. The number of hydrogen-bond acceptors (Lipinski definition) is 5. The monoisotopic (exact) mass is 513 g/mol. The van der Waals surface area contributed by atoms with Crippen LogP contribution in [0, 0.1) is 19.7 Å². The number of anilines is 2. The molecule has 0 saturated heterocycles. The highest BCUT2D eigenvalue weighted by atomic mass is 19.1. The van der Waals surface area contributed by atoms with Crippen molar-refractivity contribution in [2.45, 2.75) is 39.3 Å². The lowest BCUT2D eigenvalue weighted by molar-refractivity contribution is -0.119. The number of hydrogen-bond donors (Lipinski definition) is 3. The maximum absolute atomic E-state index is 15.1. The van der Waals surface area contributed by atoms with Crippen molar-refractivity contribution in [3.8, 4) is 0 Å². The molecule has 2 aliphatic heterocycles. The Balaban J connectivity index is 1.57. The first kappa shape index (κ1) is 25.1. The van der Waals surface area contributed by atoms with Gasteiger partial charge in [0, 0.05) is 31.8 Å². The van der Waals surface area contributed by atoms with Crippen LogP contribution < -0.4 is 16.2 Å². The van der Waals surface area contributed by atoms with Gasteiger partial charge in [0.1, 0.15) is 11.9 Å². The molecule has 8 nitrogen and oxygen atoms in total. The molecule has 9 heteroatoms. The number of amides is 2. The van der Waals surface area contributed by atoms with Crippen LogP contribution in [0.4, 0.5) is 20.6 Å². The number of halogens is 1. The van der Waals surface area contributed by atoms with Gasteiger partial charge in [-0.05, 0) is 66.3 Å². The largest absolute Gasteiger partial charge is 0.369 e. The number of urea groups is 1. The van der Waals surface area contributed by atoms with Crippen LogP contribution in [0.15, 0.2) is 59.7 Å². The van der Waals surface area contributed by atoms with E-state index in [1.807, 2.05) is 50.2 Å². The SMILES string of the molecule is Cc1ccc2cc1CCC(=O)C(Nc1cc3c(=O)[nH]cnc3cc1F)c1ccc(c(C)c1)CN(C)C(=O)N2. The molecule has 4 bridgehead atoms. The first-order valence-corrected chi connectivity index (χ1v) is 12.4. The third-order valence-electron chi connectivity index (χ3n) is 7.05. The molecule has 0 aliphatic carbocycles. The minimum atomic E-state index is -0.850. The Kier molecular flexibility index (Phi) is 6.67. The molecule has 194 valence electrons. The van der Waals surface area contributed by atoms with Gasteiger partial charge >= 0.3 is 6.03 Å². The highest BCUT2D eigenvalue weighted by Gasteiger charge is 2.24. The van der Waals surface area contributed by atoms with Crippen LogP contribution in [0.5, 0.6) is 0 Å². The van der Waals surface area contributed by atoms with Crippen LogP contribution in [0.2, 0.25) is 0 Å². The summed E-state index contributed by atoms with van der Waals surface area (Å²) in [5, 5.41) is 6.22. The Morgan fingerprint density at radius 1 is 0.974 bits per heavy atom. The minimum Gasteiger partial charge on any atom is -0.369 e. The second-order valence-electron chi connectivity index (χ2n) is 9.74. The predicted octanol–water partition coefficient (Wildman–Crippen LogP) is 5.01. The van der Waals surface area contributed by atoms with Crippen molar-refractivity contribution in [2.75, 3.05) is 17.7 Å². The van der Waals surface area contributed by atoms with Gasteiger partial charge in [-0.15, -0.1) is 0 Å². The lowest BCUT2D eigenvalue weighted by Gasteiger charge is -2.22. The minimum absolute atomic E-state index is 0.0432. The number of nitrogens with one attached hydrogen (secondary N) is 3. The molecule has 2 aliphatic rings. The Labute approximate surface area is 218 Å². The number of nitrogens with zero attached hydrogens (tertiary/aromatic N) is 2. The van der Waals surface area contributed by atoms with Gasteiger partial charge < -0.3 is 20.5 Å². The number of ketones is 1. The summed E-state index contributed by atoms with van der Waals surface area (Å²) >= 11 is 0. The Morgan fingerprint density at radius 2 is 1.79 bits per heavy atom. The summed E-state index contributed by atoms with van der Waals surface area (Å²) in [6.45, 7) is 4.25. The number of carbonyl (C=O) groups excluding carboxylic acids is 2. The molecule has 1 aromatic heterocycles. The zero-order chi connectivity index (χ0) is 27.0. The Bertz CT molecular complexity index is 1630. The maximum atomic E-state index is 15.1. The molecule has 0 radical (unpaired) electrons. The number of aryl methyl sites for hydroxylation is 3. The zero-order valence-corrected chi connectivity index (χ0v) is 21.4. The zero-order valence-electron chi connectivity index (χ0n) is 21.4. The van der Waals surface area contributed by atoms with Gasteiger partial charge in [0.2, 0.25) is 0 Å². The molecule has 0 fully saturated rings. The molecule has 3 aromatic carbocycles. The third-order valence-corrected chi connectivity index (χ3v) is 7.05. The van der Waals surface area contributed by atoms with E-state index >= 15 is 4.39 Å². The van der Waals surface area contributed by atoms with Gasteiger partial charge in [-0.25, -0.2) is 14.2 Å². The van der Waals surface area contributed by atoms with Crippen molar-refractivity contribution in [3.05, 3.63) is 98.8 Å².